The fourth-order valence-corrected chi connectivity index (χ4v) is 4.44. The van der Waals surface area contributed by atoms with Crippen molar-refractivity contribution in [2.75, 3.05) is 12.9 Å². The van der Waals surface area contributed by atoms with Crippen LogP contribution in [0.1, 0.15) is 45.2 Å². The molecule has 0 radical (unpaired) electrons. The fraction of sp³-hybridized carbons (Fsp3) is 0.440. The van der Waals surface area contributed by atoms with Crippen molar-refractivity contribution < 1.29 is 14.3 Å². The first-order chi connectivity index (χ1) is 15.1. The molecule has 174 valence electrons. The summed E-state index contributed by atoms with van der Waals surface area (Å²) in [6, 6.07) is 14.6. The third-order valence-electron chi connectivity index (χ3n) is 4.84. The molecule has 2 aromatic rings. The summed E-state index contributed by atoms with van der Waals surface area (Å²) in [6.07, 6.45) is 0.527. The molecule has 2 rings (SSSR count). The second-order valence-electron chi connectivity index (χ2n) is 8.62. The summed E-state index contributed by atoms with van der Waals surface area (Å²) >= 11 is 7.74. The Morgan fingerprint density at radius 3 is 2.34 bits per heavy atom. The van der Waals surface area contributed by atoms with Crippen molar-refractivity contribution in [3.8, 4) is 5.75 Å². The predicted molar refractivity (Wildman–Crippen MR) is 133 cm³/mol. The lowest BCUT2D eigenvalue weighted by atomic mass is 10.1. The van der Waals surface area contributed by atoms with Crippen molar-refractivity contribution in [1.82, 2.24) is 10.2 Å². The summed E-state index contributed by atoms with van der Waals surface area (Å²) in [7, 11) is 1.62. The molecule has 0 aromatic heterocycles. The van der Waals surface area contributed by atoms with E-state index in [9.17, 15) is 9.59 Å². The van der Waals surface area contributed by atoms with Crippen LogP contribution in [0.15, 0.2) is 48.5 Å². The number of hydrogen-bond acceptors (Lipinski definition) is 4. The van der Waals surface area contributed by atoms with Crippen LogP contribution in [0.2, 0.25) is 5.02 Å². The van der Waals surface area contributed by atoms with Gasteiger partial charge in [0.05, 0.1) is 12.9 Å². The van der Waals surface area contributed by atoms with Crippen molar-refractivity contribution in [3.05, 3.63) is 64.7 Å². The van der Waals surface area contributed by atoms with E-state index in [1.165, 1.54) is 11.8 Å². The van der Waals surface area contributed by atoms with Gasteiger partial charge in [0.25, 0.3) is 0 Å². The van der Waals surface area contributed by atoms with Crippen molar-refractivity contribution >= 4 is 35.2 Å². The van der Waals surface area contributed by atoms with E-state index < -0.39 is 6.04 Å². The van der Waals surface area contributed by atoms with Crippen LogP contribution in [0.4, 0.5) is 0 Å². The molecule has 0 fully saturated rings. The quantitative estimate of drug-likeness (QED) is 0.505. The predicted octanol–water partition coefficient (Wildman–Crippen LogP) is 5.30. The second kappa shape index (κ2) is 12.2. The van der Waals surface area contributed by atoms with Crippen molar-refractivity contribution in [3.63, 3.8) is 0 Å². The van der Waals surface area contributed by atoms with E-state index in [0.717, 1.165) is 16.9 Å². The number of halogens is 1. The zero-order valence-corrected chi connectivity index (χ0v) is 21.1. The molecule has 7 heteroatoms. The number of ether oxygens (including phenoxy) is 1. The molecule has 0 spiro atoms. The number of methoxy groups -OCH3 is 1. The molecule has 0 aliphatic heterocycles. The molecule has 1 N–H and O–H groups in total. The summed E-state index contributed by atoms with van der Waals surface area (Å²) in [4.78, 5) is 28.0. The van der Waals surface area contributed by atoms with Gasteiger partial charge in [0.1, 0.15) is 11.8 Å². The monoisotopic (exact) mass is 476 g/mol. The average Bonchev–Trinajstić information content (AvgIpc) is 2.74. The van der Waals surface area contributed by atoms with Crippen LogP contribution < -0.4 is 10.1 Å². The van der Waals surface area contributed by atoms with Crippen LogP contribution in [0.25, 0.3) is 0 Å². The molecule has 0 heterocycles. The van der Waals surface area contributed by atoms with E-state index in [1.807, 2.05) is 76.2 Å². The van der Waals surface area contributed by atoms with Crippen molar-refractivity contribution in [2.24, 2.45) is 0 Å². The standard InChI is InChI=1S/C25H33ClN2O3S/c1-6-22(24(30)27-25(2,3)4)28(15-18-11-13-20(31-5)14-12-18)23(29)17-32-16-19-9-7-8-10-21(19)26/h7-14,22H,6,15-17H2,1-5H3,(H,27,30)/t22-/m1/s1. The van der Waals surface area contributed by atoms with Crippen LogP contribution >= 0.6 is 23.4 Å². The number of rotatable bonds is 10. The number of thioether (sulfide) groups is 1. The van der Waals surface area contributed by atoms with Gasteiger partial charge >= 0.3 is 0 Å². The van der Waals surface area contributed by atoms with Crippen LogP contribution in [-0.4, -0.2) is 41.2 Å². The molecule has 2 aromatic carbocycles. The highest BCUT2D eigenvalue weighted by Gasteiger charge is 2.30. The van der Waals surface area contributed by atoms with E-state index in [-0.39, 0.29) is 23.1 Å². The third kappa shape index (κ3) is 8.06. The molecule has 2 amide bonds. The van der Waals surface area contributed by atoms with Gasteiger partial charge < -0.3 is 15.0 Å². The first-order valence-electron chi connectivity index (χ1n) is 10.7. The van der Waals surface area contributed by atoms with E-state index in [2.05, 4.69) is 5.32 Å². The second-order valence-corrected chi connectivity index (χ2v) is 10.0. The number of benzene rings is 2. The van der Waals surface area contributed by atoms with Crippen molar-refractivity contribution in [2.45, 2.75) is 58.0 Å². The van der Waals surface area contributed by atoms with Gasteiger partial charge in [-0.25, -0.2) is 0 Å². The molecule has 0 saturated heterocycles. The van der Waals surface area contributed by atoms with Crippen LogP contribution in [0.5, 0.6) is 5.75 Å². The largest absolute Gasteiger partial charge is 0.497 e. The minimum Gasteiger partial charge on any atom is -0.497 e. The highest BCUT2D eigenvalue weighted by atomic mass is 35.5. The van der Waals surface area contributed by atoms with Crippen LogP contribution in [0.3, 0.4) is 0 Å². The van der Waals surface area contributed by atoms with Crippen LogP contribution in [-0.2, 0) is 21.9 Å². The van der Waals surface area contributed by atoms with Gasteiger partial charge in [-0.3, -0.25) is 9.59 Å². The molecule has 0 saturated carbocycles. The lowest BCUT2D eigenvalue weighted by Gasteiger charge is -2.33. The maximum absolute atomic E-state index is 13.3. The van der Waals surface area contributed by atoms with Gasteiger partial charge in [0.15, 0.2) is 0 Å². The van der Waals surface area contributed by atoms with E-state index in [0.29, 0.717) is 23.7 Å². The zero-order chi connectivity index (χ0) is 23.7. The Labute approximate surface area is 200 Å². The zero-order valence-electron chi connectivity index (χ0n) is 19.5. The van der Waals surface area contributed by atoms with Gasteiger partial charge in [-0.2, -0.15) is 0 Å². The number of nitrogens with one attached hydrogen (secondary N) is 1. The van der Waals surface area contributed by atoms with Gasteiger partial charge in [-0.1, -0.05) is 48.9 Å². The van der Waals surface area contributed by atoms with Gasteiger partial charge in [0.2, 0.25) is 11.8 Å². The summed E-state index contributed by atoms with van der Waals surface area (Å²) < 4.78 is 5.23. The third-order valence-corrected chi connectivity index (χ3v) is 6.17. The van der Waals surface area contributed by atoms with E-state index in [1.54, 1.807) is 12.0 Å². The van der Waals surface area contributed by atoms with Gasteiger partial charge in [-0.15, -0.1) is 11.8 Å². The Morgan fingerprint density at radius 2 is 1.78 bits per heavy atom. The lowest BCUT2D eigenvalue weighted by molar-refractivity contribution is -0.140. The SMILES string of the molecule is CC[C@H](C(=O)NC(C)(C)C)N(Cc1ccc(OC)cc1)C(=O)CSCc1ccccc1Cl. The Kier molecular flexibility index (Phi) is 9.91. The molecular formula is C25H33ClN2O3S. The normalized spacial score (nSPS) is 12.2. The number of amides is 2. The first kappa shape index (κ1) is 26.1. The topological polar surface area (TPSA) is 58.6 Å². The Hall–Kier alpha value is -2.18. The molecule has 0 bridgehead atoms. The van der Waals surface area contributed by atoms with Gasteiger partial charge in [-0.05, 0) is 56.5 Å². The highest BCUT2D eigenvalue weighted by Crippen LogP contribution is 2.22. The molecule has 32 heavy (non-hydrogen) atoms. The number of hydrogen-bond donors (Lipinski definition) is 1. The molecular weight excluding hydrogens is 444 g/mol. The summed E-state index contributed by atoms with van der Waals surface area (Å²) in [6.45, 7) is 8.09. The minimum absolute atomic E-state index is 0.0752. The summed E-state index contributed by atoms with van der Waals surface area (Å²) in [5, 5.41) is 3.71. The summed E-state index contributed by atoms with van der Waals surface area (Å²) in [5.41, 5.74) is 1.56. The van der Waals surface area contributed by atoms with Crippen molar-refractivity contribution in [1.29, 1.82) is 0 Å². The molecule has 0 unspecified atom stereocenters. The van der Waals surface area contributed by atoms with E-state index >= 15 is 0 Å². The molecule has 0 aliphatic rings. The molecule has 0 aliphatic carbocycles. The van der Waals surface area contributed by atoms with Crippen LogP contribution in [0, 0.1) is 0 Å². The minimum atomic E-state index is -0.551. The molecule has 5 nitrogen and oxygen atoms in total. The number of nitrogens with zero attached hydrogens (tertiary/aromatic N) is 1. The first-order valence-corrected chi connectivity index (χ1v) is 12.2. The average molecular weight is 477 g/mol. The van der Waals surface area contributed by atoms with Gasteiger partial charge in [0, 0.05) is 22.9 Å². The summed E-state index contributed by atoms with van der Waals surface area (Å²) in [5.74, 6) is 1.43. The number of carbonyl (C=O) groups is 2. The fourth-order valence-electron chi connectivity index (χ4n) is 3.25. The maximum atomic E-state index is 13.3. The Balaban J connectivity index is 2.17. The Morgan fingerprint density at radius 1 is 1.12 bits per heavy atom. The smallest absolute Gasteiger partial charge is 0.243 e. The number of carbonyl (C=O) groups excluding carboxylic acids is 2. The maximum Gasteiger partial charge on any atom is 0.243 e. The molecule has 1 atom stereocenters. The lowest BCUT2D eigenvalue weighted by Crippen LogP contribution is -2.53. The van der Waals surface area contributed by atoms with E-state index in [4.69, 9.17) is 16.3 Å². The Bertz CT molecular complexity index is 897. The highest BCUT2D eigenvalue weighted by molar-refractivity contribution is 7.99.